The summed E-state index contributed by atoms with van der Waals surface area (Å²) >= 11 is 0. The summed E-state index contributed by atoms with van der Waals surface area (Å²) < 4.78 is 0. The Balaban J connectivity index is 0.000001000. The molecule has 1 amide bonds. The van der Waals surface area contributed by atoms with Crippen molar-refractivity contribution in [3.05, 3.63) is 0 Å². The number of rotatable bonds is 1. The van der Waals surface area contributed by atoms with Crippen molar-refractivity contribution in [1.82, 2.24) is 10.6 Å². The minimum Gasteiger partial charge on any atom is -0.390 e. The van der Waals surface area contributed by atoms with E-state index >= 15 is 0 Å². The lowest BCUT2D eigenvalue weighted by Crippen LogP contribution is -2.41. The molecule has 5 heteroatoms. The van der Waals surface area contributed by atoms with E-state index in [4.69, 9.17) is 5.11 Å². The number of hydrogen-bond donors (Lipinski definition) is 3. The van der Waals surface area contributed by atoms with Crippen LogP contribution < -0.4 is 10.6 Å². The lowest BCUT2D eigenvalue weighted by Gasteiger charge is -2.12. The molecule has 11 heavy (non-hydrogen) atoms. The van der Waals surface area contributed by atoms with Crippen molar-refractivity contribution < 1.29 is 9.90 Å². The van der Waals surface area contributed by atoms with Gasteiger partial charge in [0.1, 0.15) is 0 Å². The van der Waals surface area contributed by atoms with Crippen LogP contribution in [0.25, 0.3) is 0 Å². The maximum Gasteiger partial charge on any atom is 0.217 e. The summed E-state index contributed by atoms with van der Waals surface area (Å²) in [6, 6.07) is -0.0995. The number of carbonyl (C=O) groups is 1. The standard InChI is InChI=1S/C6H12N2O2.ClH/c1-4(9)8-5-2-7-3-6(5)10;/h5-7,10H,2-3H2,1H3,(H,8,9);1H. The molecule has 4 nitrogen and oxygen atoms in total. The quantitative estimate of drug-likeness (QED) is 0.479. The van der Waals surface area contributed by atoms with Crippen molar-refractivity contribution in [1.29, 1.82) is 0 Å². The maximum atomic E-state index is 10.5. The van der Waals surface area contributed by atoms with E-state index in [1.54, 1.807) is 0 Å². The van der Waals surface area contributed by atoms with Gasteiger partial charge in [-0.25, -0.2) is 0 Å². The fraction of sp³-hybridized carbons (Fsp3) is 0.833. The molecule has 1 heterocycles. The molecule has 0 bridgehead atoms. The number of β-amino-alcohol motifs (C(OH)–C–C–N with tert-alkyl or cyclic N) is 1. The van der Waals surface area contributed by atoms with E-state index in [9.17, 15) is 4.79 Å². The average Bonchev–Trinajstić information content (AvgIpc) is 2.15. The van der Waals surface area contributed by atoms with E-state index in [0.717, 1.165) is 0 Å². The van der Waals surface area contributed by atoms with E-state index in [0.29, 0.717) is 13.1 Å². The molecule has 0 spiro atoms. The smallest absolute Gasteiger partial charge is 0.217 e. The number of aliphatic hydroxyl groups excluding tert-OH is 1. The van der Waals surface area contributed by atoms with Crippen LogP contribution in [0.15, 0.2) is 0 Å². The number of aliphatic hydroxyl groups is 1. The van der Waals surface area contributed by atoms with Crippen LogP contribution in [-0.2, 0) is 4.79 Å². The third-order valence-corrected chi connectivity index (χ3v) is 1.57. The Bertz CT molecular complexity index is 143. The van der Waals surface area contributed by atoms with Crippen LogP contribution in [0.1, 0.15) is 6.92 Å². The lowest BCUT2D eigenvalue weighted by atomic mass is 10.2. The first-order chi connectivity index (χ1) is 4.70. The number of hydrogen-bond acceptors (Lipinski definition) is 3. The molecule has 0 saturated carbocycles. The van der Waals surface area contributed by atoms with Crippen molar-refractivity contribution in [3.63, 3.8) is 0 Å². The van der Waals surface area contributed by atoms with E-state index in [1.807, 2.05) is 0 Å². The predicted octanol–water partition coefficient (Wildman–Crippen LogP) is -1.12. The van der Waals surface area contributed by atoms with E-state index in [1.165, 1.54) is 6.92 Å². The summed E-state index contributed by atoms with van der Waals surface area (Å²) in [5.74, 6) is -0.0900. The fourth-order valence-electron chi connectivity index (χ4n) is 1.07. The third-order valence-electron chi connectivity index (χ3n) is 1.57. The first-order valence-corrected chi connectivity index (χ1v) is 3.36. The van der Waals surface area contributed by atoms with Crippen LogP contribution in [-0.4, -0.2) is 36.2 Å². The molecule has 0 aliphatic carbocycles. The summed E-state index contributed by atoms with van der Waals surface area (Å²) in [7, 11) is 0. The summed E-state index contributed by atoms with van der Waals surface area (Å²) in [5, 5.41) is 14.8. The van der Waals surface area contributed by atoms with E-state index < -0.39 is 6.10 Å². The predicted molar refractivity (Wildman–Crippen MR) is 43.7 cm³/mol. The topological polar surface area (TPSA) is 61.4 Å². The summed E-state index contributed by atoms with van der Waals surface area (Å²) in [6.07, 6.45) is -0.427. The van der Waals surface area contributed by atoms with E-state index in [2.05, 4.69) is 10.6 Å². The molecule has 0 radical (unpaired) electrons. The average molecular weight is 181 g/mol. The van der Waals surface area contributed by atoms with Crippen LogP contribution in [0.3, 0.4) is 0 Å². The normalized spacial score (nSPS) is 29.3. The lowest BCUT2D eigenvalue weighted by molar-refractivity contribution is -0.120. The first kappa shape index (κ1) is 10.7. The second kappa shape index (κ2) is 4.54. The molecule has 1 aliphatic rings. The van der Waals surface area contributed by atoms with Gasteiger partial charge in [-0.15, -0.1) is 12.4 Å². The Morgan fingerprint density at radius 2 is 2.27 bits per heavy atom. The SMILES string of the molecule is CC(=O)NC1CNCC1O.Cl. The highest BCUT2D eigenvalue weighted by atomic mass is 35.5. The zero-order valence-electron chi connectivity index (χ0n) is 6.33. The molecule has 3 N–H and O–H groups in total. The van der Waals surface area contributed by atoms with Gasteiger partial charge in [0.25, 0.3) is 0 Å². The van der Waals surface area contributed by atoms with Crippen molar-refractivity contribution in [3.8, 4) is 0 Å². The molecule has 2 atom stereocenters. The Morgan fingerprint density at radius 1 is 1.64 bits per heavy atom. The van der Waals surface area contributed by atoms with Gasteiger partial charge >= 0.3 is 0 Å². The monoisotopic (exact) mass is 180 g/mol. The molecular formula is C6H13ClN2O2. The van der Waals surface area contributed by atoms with E-state index in [-0.39, 0.29) is 24.4 Å². The van der Waals surface area contributed by atoms with Crippen LogP contribution in [0, 0.1) is 0 Å². The number of amides is 1. The molecule has 1 rings (SSSR count). The Hall–Kier alpha value is -0.320. The van der Waals surface area contributed by atoms with Crippen LogP contribution in [0.5, 0.6) is 0 Å². The van der Waals surface area contributed by atoms with Gasteiger partial charge in [-0.1, -0.05) is 0 Å². The van der Waals surface area contributed by atoms with Gasteiger partial charge in [-0.05, 0) is 0 Å². The largest absolute Gasteiger partial charge is 0.390 e. The highest BCUT2D eigenvalue weighted by Crippen LogP contribution is 1.97. The summed E-state index contributed by atoms with van der Waals surface area (Å²) in [5.41, 5.74) is 0. The molecule has 1 saturated heterocycles. The number of nitrogens with one attached hydrogen (secondary N) is 2. The van der Waals surface area contributed by atoms with Gasteiger partial charge in [0.2, 0.25) is 5.91 Å². The Kier molecular flexibility index (Phi) is 4.40. The number of halogens is 1. The second-order valence-corrected chi connectivity index (χ2v) is 2.53. The molecule has 66 valence electrons. The van der Waals surface area contributed by atoms with Gasteiger partial charge in [0, 0.05) is 20.0 Å². The van der Waals surface area contributed by atoms with Crippen LogP contribution in [0.2, 0.25) is 0 Å². The molecule has 1 fully saturated rings. The van der Waals surface area contributed by atoms with Gasteiger partial charge in [0.15, 0.2) is 0 Å². The van der Waals surface area contributed by atoms with Gasteiger partial charge in [0.05, 0.1) is 12.1 Å². The fourth-order valence-corrected chi connectivity index (χ4v) is 1.07. The van der Waals surface area contributed by atoms with Gasteiger partial charge < -0.3 is 15.7 Å². The minimum absolute atomic E-state index is 0. The Labute approximate surface area is 71.8 Å². The summed E-state index contributed by atoms with van der Waals surface area (Å²) in [4.78, 5) is 10.5. The van der Waals surface area contributed by atoms with Crippen LogP contribution in [0.4, 0.5) is 0 Å². The van der Waals surface area contributed by atoms with Crippen molar-refractivity contribution in [2.75, 3.05) is 13.1 Å². The highest BCUT2D eigenvalue weighted by Gasteiger charge is 2.24. The first-order valence-electron chi connectivity index (χ1n) is 3.36. The zero-order chi connectivity index (χ0) is 7.56. The molecule has 0 aromatic rings. The maximum absolute atomic E-state index is 10.5. The molecule has 0 aromatic heterocycles. The van der Waals surface area contributed by atoms with Crippen LogP contribution >= 0.6 is 12.4 Å². The molecular weight excluding hydrogens is 168 g/mol. The Morgan fingerprint density at radius 3 is 2.64 bits per heavy atom. The van der Waals surface area contributed by atoms with Crippen molar-refractivity contribution >= 4 is 18.3 Å². The molecule has 0 aromatic carbocycles. The highest BCUT2D eigenvalue weighted by molar-refractivity contribution is 5.85. The van der Waals surface area contributed by atoms with Gasteiger partial charge in [-0.3, -0.25) is 4.79 Å². The van der Waals surface area contributed by atoms with Crippen molar-refractivity contribution in [2.24, 2.45) is 0 Å². The molecule has 1 aliphatic heterocycles. The third kappa shape index (κ3) is 3.05. The molecule has 2 unspecified atom stereocenters. The summed E-state index contributed by atoms with van der Waals surface area (Å²) in [6.45, 7) is 2.69. The zero-order valence-corrected chi connectivity index (χ0v) is 7.15. The minimum atomic E-state index is -0.427. The van der Waals surface area contributed by atoms with Gasteiger partial charge in [-0.2, -0.15) is 0 Å². The second-order valence-electron chi connectivity index (χ2n) is 2.53. The van der Waals surface area contributed by atoms with Crippen molar-refractivity contribution in [2.45, 2.75) is 19.1 Å². The number of carbonyl (C=O) groups excluding carboxylic acids is 1.